The number of benzene rings is 1. The fourth-order valence-corrected chi connectivity index (χ4v) is 2.04. The summed E-state index contributed by atoms with van der Waals surface area (Å²) in [5.41, 5.74) is 2.29. The maximum Gasteiger partial charge on any atom is 0.257 e. The van der Waals surface area contributed by atoms with Crippen molar-refractivity contribution in [2.24, 2.45) is 0 Å². The van der Waals surface area contributed by atoms with Crippen LogP contribution in [-0.2, 0) is 6.54 Å². The average molecular weight is 273 g/mol. The lowest BCUT2D eigenvalue weighted by Gasteiger charge is -2.17. The lowest BCUT2D eigenvalue weighted by molar-refractivity contribution is 0.296. The molecule has 1 heterocycles. The minimum atomic E-state index is 0.287. The second-order valence-corrected chi connectivity index (χ2v) is 5.27. The molecule has 0 bridgehead atoms. The minimum absolute atomic E-state index is 0.287. The quantitative estimate of drug-likeness (QED) is 0.804. The van der Waals surface area contributed by atoms with E-state index in [0.717, 1.165) is 31.0 Å². The predicted octanol–water partition coefficient (Wildman–Crippen LogP) is 3.70. The summed E-state index contributed by atoms with van der Waals surface area (Å²) in [7, 11) is 0. The molecule has 0 saturated heterocycles. The standard InChI is InChI=1S/C16H23N3O/c1-5-19(6-2)11-13-7-9-14(10-8-13)16-17-15(12(3)4)18-20-16/h7-10,12H,5-6,11H2,1-4H3. The largest absolute Gasteiger partial charge is 0.334 e. The molecule has 2 aromatic rings. The van der Waals surface area contributed by atoms with Gasteiger partial charge in [-0.25, -0.2) is 0 Å². The summed E-state index contributed by atoms with van der Waals surface area (Å²) < 4.78 is 5.30. The fraction of sp³-hybridized carbons (Fsp3) is 0.500. The Kier molecular flexibility index (Phi) is 4.90. The Morgan fingerprint density at radius 2 is 1.75 bits per heavy atom. The first-order valence-corrected chi connectivity index (χ1v) is 7.29. The van der Waals surface area contributed by atoms with Crippen molar-refractivity contribution in [1.82, 2.24) is 15.0 Å². The molecule has 0 aliphatic rings. The van der Waals surface area contributed by atoms with Crippen LogP contribution in [0.2, 0.25) is 0 Å². The summed E-state index contributed by atoms with van der Waals surface area (Å²) >= 11 is 0. The Hall–Kier alpha value is -1.68. The third kappa shape index (κ3) is 3.45. The van der Waals surface area contributed by atoms with Crippen molar-refractivity contribution in [2.45, 2.75) is 40.2 Å². The zero-order chi connectivity index (χ0) is 14.5. The normalized spacial score (nSPS) is 11.5. The molecular weight excluding hydrogens is 250 g/mol. The first-order chi connectivity index (χ1) is 9.63. The number of hydrogen-bond acceptors (Lipinski definition) is 4. The van der Waals surface area contributed by atoms with Gasteiger partial charge >= 0.3 is 0 Å². The van der Waals surface area contributed by atoms with E-state index < -0.39 is 0 Å². The third-order valence-electron chi connectivity index (χ3n) is 3.46. The Labute approximate surface area is 120 Å². The molecule has 1 aromatic carbocycles. The van der Waals surface area contributed by atoms with Gasteiger partial charge in [0.1, 0.15) is 0 Å². The summed E-state index contributed by atoms with van der Waals surface area (Å²) in [4.78, 5) is 6.80. The Balaban J connectivity index is 2.10. The molecule has 0 unspecified atom stereocenters. The molecule has 2 rings (SSSR count). The molecule has 4 heteroatoms. The Morgan fingerprint density at radius 1 is 1.10 bits per heavy atom. The monoisotopic (exact) mass is 273 g/mol. The molecule has 4 nitrogen and oxygen atoms in total. The highest BCUT2D eigenvalue weighted by atomic mass is 16.5. The SMILES string of the molecule is CCN(CC)Cc1ccc(-c2nc(C(C)C)no2)cc1. The van der Waals surface area contributed by atoms with Crippen molar-refractivity contribution in [3.8, 4) is 11.5 Å². The molecule has 0 spiro atoms. The van der Waals surface area contributed by atoms with E-state index in [4.69, 9.17) is 4.52 Å². The van der Waals surface area contributed by atoms with E-state index >= 15 is 0 Å². The molecule has 0 atom stereocenters. The van der Waals surface area contributed by atoms with Crippen LogP contribution >= 0.6 is 0 Å². The van der Waals surface area contributed by atoms with Crippen LogP contribution < -0.4 is 0 Å². The van der Waals surface area contributed by atoms with Crippen molar-refractivity contribution in [1.29, 1.82) is 0 Å². The van der Waals surface area contributed by atoms with Crippen molar-refractivity contribution in [3.05, 3.63) is 35.7 Å². The molecule has 0 saturated carbocycles. The number of hydrogen-bond donors (Lipinski definition) is 0. The summed E-state index contributed by atoms with van der Waals surface area (Å²) in [5.74, 6) is 1.64. The molecule has 0 aliphatic heterocycles. The topological polar surface area (TPSA) is 42.2 Å². The molecule has 0 aliphatic carbocycles. The Morgan fingerprint density at radius 3 is 2.25 bits per heavy atom. The average Bonchev–Trinajstić information content (AvgIpc) is 2.95. The van der Waals surface area contributed by atoms with E-state index in [-0.39, 0.29) is 5.92 Å². The van der Waals surface area contributed by atoms with Crippen LogP contribution in [0.1, 0.15) is 45.0 Å². The molecule has 108 valence electrons. The number of nitrogens with zero attached hydrogens (tertiary/aromatic N) is 3. The van der Waals surface area contributed by atoms with E-state index in [2.05, 4.69) is 67.0 Å². The third-order valence-corrected chi connectivity index (χ3v) is 3.46. The molecule has 20 heavy (non-hydrogen) atoms. The highest BCUT2D eigenvalue weighted by Gasteiger charge is 2.11. The second-order valence-electron chi connectivity index (χ2n) is 5.27. The molecule has 0 N–H and O–H groups in total. The van der Waals surface area contributed by atoms with Gasteiger partial charge in [0.15, 0.2) is 5.82 Å². The highest BCUT2D eigenvalue weighted by molar-refractivity contribution is 5.53. The zero-order valence-corrected chi connectivity index (χ0v) is 12.8. The summed E-state index contributed by atoms with van der Waals surface area (Å²) in [6.45, 7) is 11.6. The van der Waals surface area contributed by atoms with Gasteiger partial charge in [-0.1, -0.05) is 45.0 Å². The molecule has 1 aromatic heterocycles. The van der Waals surface area contributed by atoms with Crippen LogP contribution in [0, 0.1) is 0 Å². The molecule has 0 fully saturated rings. The van der Waals surface area contributed by atoms with Gasteiger partial charge in [0.25, 0.3) is 5.89 Å². The van der Waals surface area contributed by atoms with Crippen LogP contribution in [0.3, 0.4) is 0 Å². The lowest BCUT2D eigenvalue weighted by atomic mass is 10.1. The number of aromatic nitrogens is 2. The van der Waals surface area contributed by atoms with Crippen LogP contribution in [0.4, 0.5) is 0 Å². The van der Waals surface area contributed by atoms with Gasteiger partial charge in [0.2, 0.25) is 0 Å². The van der Waals surface area contributed by atoms with Crippen molar-refractivity contribution < 1.29 is 4.52 Å². The smallest absolute Gasteiger partial charge is 0.257 e. The van der Waals surface area contributed by atoms with Gasteiger partial charge in [0.05, 0.1) is 0 Å². The van der Waals surface area contributed by atoms with Crippen molar-refractivity contribution >= 4 is 0 Å². The maximum atomic E-state index is 5.30. The lowest BCUT2D eigenvalue weighted by Crippen LogP contribution is -2.21. The van der Waals surface area contributed by atoms with E-state index in [1.54, 1.807) is 0 Å². The van der Waals surface area contributed by atoms with E-state index in [1.807, 2.05) is 0 Å². The zero-order valence-electron chi connectivity index (χ0n) is 12.8. The van der Waals surface area contributed by atoms with Crippen LogP contribution in [0.25, 0.3) is 11.5 Å². The van der Waals surface area contributed by atoms with Gasteiger partial charge in [0, 0.05) is 18.0 Å². The van der Waals surface area contributed by atoms with Gasteiger partial charge in [-0.15, -0.1) is 0 Å². The van der Waals surface area contributed by atoms with Crippen LogP contribution in [0.5, 0.6) is 0 Å². The second kappa shape index (κ2) is 6.66. The summed E-state index contributed by atoms with van der Waals surface area (Å²) in [6, 6.07) is 8.37. The van der Waals surface area contributed by atoms with E-state index in [1.165, 1.54) is 5.56 Å². The Bertz CT molecular complexity index is 527. The van der Waals surface area contributed by atoms with Crippen LogP contribution in [-0.4, -0.2) is 28.1 Å². The minimum Gasteiger partial charge on any atom is -0.334 e. The van der Waals surface area contributed by atoms with Crippen LogP contribution in [0.15, 0.2) is 28.8 Å². The molecular formula is C16H23N3O. The van der Waals surface area contributed by atoms with Gasteiger partial charge in [-0.2, -0.15) is 4.98 Å². The van der Waals surface area contributed by atoms with Gasteiger partial charge in [-0.3, -0.25) is 4.90 Å². The highest BCUT2D eigenvalue weighted by Crippen LogP contribution is 2.20. The van der Waals surface area contributed by atoms with Gasteiger partial charge in [-0.05, 0) is 30.8 Å². The van der Waals surface area contributed by atoms with E-state index in [9.17, 15) is 0 Å². The van der Waals surface area contributed by atoms with Gasteiger partial charge < -0.3 is 4.52 Å². The van der Waals surface area contributed by atoms with Crippen molar-refractivity contribution in [3.63, 3.8) is 0 Å². The summed E-state index contributed by atoms with van der Waals surface area (Å²) in [6.07, 6.45) is 0. The fourth-order valence-electron chi connectivity index (χ4n) is 2.04. The predicted molar refractivity (Wildman–Crippen MR) is 80.4 cm³/mol. The molecule has 0 radical (unpaired) electrons. The maximum absolute atomic E-state index is 5.30. The van der Waals surface area contributed by atoms with E-state index in [0.29, 0.717) is 5.89 Å². The summed E-state index contributed by atoms with van der Waals surface area (Å²) in [5, 5.41) is 4.00. The molecule has 0 amide bonds. The van der Waals surface area contributed by atoms with Crippen molar-refractivity contribution in [2.75, 3.05) is 13.1 Å². The first-order valence-electron chi connectivity index (χ1n) is 7.29. The first kappa shape index (κ1) is 14.7. The number of rotatable bonds is 6.